The number of fused-ring (bicyclic) bond motifs is 3. The highest BCUT2D eigenvalue weighted by Crippen LogP contribution is 2.54. The molecule has 0 heterocycles. The molecule has 1 aromatic carbocycles. The minimum atomic E-state index is -3.06. The third-order valence-electron chi connectivity index (χ3n) is 8.12. The number of aromatic hydroxyl groups is 1. The SMILES string of the molecule is COC(=O)/C=C/c1ccc2c(c1O)C(=O)C1C(=O)[C@]3(O)C(=O)C(C(N)=O)C(=O)[C@@H](N(C)C)[C@@H]3[C@@H](O)[C@@H]1[C@H]2C. The molecule has 5 N–H and O–H groups in total. The molecule has 0 aliphatic heterocycles. The van der Waals surface area contributed by atoms with E-state index < -0.39 is 88.1 Å². The third-order valence-corrected chi connectivity index (χ3v) is 8.12. The number of hydrogen-bond acceptors (Lipinski definition) is 11. The number of carbonyl (C=O) groups is 6. The molecule has 8 atom stereocenters. The van der Waals surface area contributed by atoms with Gasteiger partial charge >= 0.3 is 5.97 Å². The van der Waals surface area contributed by atoms with Gasteiger partial charge in [0, 0.05) is 17.6 Å². The summed E-state index contributed by atoms with van der Waals surface area (Å²) in [5.41, 5.74) is 2.33. The van der Waals surface area contributed by atoms with E-state index in [1.807, 2.05) is 0 Å². The second kappa shape index (κ2) is 9.22. The van der Waals surface area contributed by atoms with E-state index in [0.717, 1.165) is 13.2 Å². The number of aliphatic hydroxyl groups excluding tert-OH is 1. The molecule has 38 heavy (non-hydrogen) atoms. The molecule has 0 bridgehead atoms. The molecule has 2 unspecified atom stereocenters. The summed E-state index contributed by atoms with van der Waals surface area (Å²) in [6.07, 6.45) is 0.527. The van der Waals surface area contributed by atoms with E-state index in [1.165, 1.54) is 37.2 Å². The molecule has 0 saturated heterocycles. The summed E-state index contributed by atoms with van der Waals surface area (Å²) in [7, 11) is 4.01. The van der Waals surface area contributed by atoms with Crippen LogP contribution in [-0.4, -0.2) is 94.2 Å². The number of ether oxygens (including phenoxy) is 1. The highest BCUT2D eigenvalue weighted by atomic mass is 16.5. The van der Waals surface area contributed by atoms with Crippen molar-refractivity contribution in [1.29, 1.82) is 0 Å². The lowest BCUT2D eigenvalue weighted by molar-refractivity contribution is -0.196. The molecule has 12 heteroatoms. The number of rotatable bonds is 4. The highest BCUT2D eigenvalue weighted by Gasteiger charge is 2.72. The Balaban J connectivity index is 1.91. The summed E-state index contributed by atoms with van der Waals surface area (Å²) in [6, 6.07) is 1.52. The van der Waals surface area contributed by atoms with Gasteiger partial charge in [0.2, 0.25) is 5.91 Å². The van der Waals surface area contributed by atoms with E-state index in [-0.39, 0.29) is 11.1 Å². The molecule has 1 amide bonds. The van der Waals surface area contributed by atoms with Gasteiger partial charge in [0.25, 0.3) is 0 Å². The van der Waals surface area contributed by atoms with Crippen molar-refractivity contribution in [2.75, 3.05) is 21.2 Å². The largest absolute Gasteiger partial charge is 0.507 e. The van der Waals surface area contributed by atoms with E-state index in [1.54, 1.807) is 6.92 Å². The topological polar surface area (TPSA) is 202 Å². The predicted octanol–water partition coefficient (Wildman–Crippen LogP) is -1.41. The van der Waals surface area contributed by atoms with Crippen LogP contribution in [0, 0.1) is 23.7 Å². The van der Waals surface area contributed by atoms with E-state index in [9.17, 15) is 44.1 Å². The molecule has 4 rings (SSSR count). The van der Waals surface area contributed by atoms with Crippen LogP contribution in [0.4, 0.5) is 0 Å². The van der Waals surface area contributed by atoms with E-state index >= 15 is 0 Å². The monoisotopic (exact) mass is 528 g/mol. The Bertz CT molecular complexity index is 1320. The van der Waals surface area contributed by atoms with Gasteiger partial charge in [-0.25, -0.2) is 4.79 Å². The molecule has 202 valence electrons. The van der Waals surface area contributed by atoms with Crippen molar-refractivity contribution < 1.29 is 48.8 Å². The van der Waals surface area contributed by atoms with Crippen molar-refractivity contribution in [1.82, 2.24) is 4.90 Å². The number of nitrogens with two attached hydrogens (primary N) is 1. The van der Waals surface area contributed by atoms with Crippen molar-refractivity contribution in [3.8, 4) is 5.75 Å². The third kappa shape index (κ3) is 3.55. The molecule has 2 fully saturated rings. The summed E-state index contributed by atoms with van der Waals surface area (Å²) in [6.45, 7) is 1.61. The van der Waals surface area contributed by atoms with Crippen LogP contribution in [0.2, 0.25) is 0 Å². The first-order valence-corrected chi connectivity index (χ1v) is 11.9. The van der Waals surface area contributed by atoms with Gasteiger partial charge in [-0.05, 0) is 31.7 Å². The maximum absolute atomic E-state index is 13.9. The quantitative estimate of drug-likeness (QED) is 0.203. The number of phenols is 1. The Labute approximate surface area is 217 Å². The number of primary amides is 1. The van der Waals surface area contributed by atoms with Crippen molar-refractivity contribution in [2.24, 2.45) is 29.4 Å². The fourth-order valence-corrected chi connectivity index (χ4v) is 6.37. The molecule has 3 aliphatic carbocycles. The van der Waals surface area contributed by atoms with Crippen LogP contribution in [0.25, 0.3) is 6.08 Å². The first-order chi connectivity index (χ1) is 17.7. The number of Topliss-reactive ketones (excluding diaryl/α,β-unsaturated/α-hetero) is 4. The number of esters is 1. The average Bonchev–Trinajstić information content (AvgIpc) is 2.84. The van der Waals surface area contributed by atoms with Gasteiger partial charge in [-0.3, -0.25) is 28.9 Å². The van der Waals surface area contributed by atoms with Crippen molar-refractivity contribution in [3.63, 3.8) is 0 Å². The van der Waals surface area contributed by atoms with E-state index in [2.05, 4.69) is 4.74 Å². The minimum Gasteiger partial charge on any atom is -0.507 e. The Hall–Kier alpha value is -3.74. The summed E-state index contributed by atoms with van der Waals surface area (Å²) in [5, 5.41) is 34.1. The van der Waals surface area contributed by atoms with Crippen LogP contribution in [0.1, 0.15) is 34.3 Å². The van der Waals surface area contributed by atoms with Crippen LogP contribution in [0.3, 0.4) is 0 Å². The molecule has 2 saturated carbocycles. The number of carbonyl (C=O) groups excluding carboxylic acids is 6. The van der Waals surface area contributed by atoms with Gasteiger partial charge in [0.05, 0.1) is 36.7 Å². The zero-order valence-corrected chi connectivity index (χ0v) is 21.1. The molecule has 1 aromatic rings. The summed E-state index contributed by atoms with van der Waals surface area (Å²) in [4.78, 5) is 78.9. The fraction of sp³-hybridized carbons (Fsp3) is 0.462. The van der Waals surface area contributed by atoms with Gasteiger partial charge in [-0.15, -0.1) is 0 Å². The van der Waals surface area contributed by atoms with Crippen LogP contribution < -0.4 is 5.73 Å². The number of hydrogen-bond donors (Lipinski definition) is 4. The molecule has 0 aromatic heterocycles. The lowest BCUT2D eigenvalue weighted by Crippen LogP contribution is -2.77. The molecule has 0 spiro atoms. The van der Waals surface area contributed by atoms with Crippen molar-refractivity contribution in [2.45, 2.75) is 30.6 Å². The highest BCUT2D eigenvalue weighted by molar-refractivity contribution is 6.32. The summed E-state index contributed by atoms with van der Waals surface area (Å²) >= 11 is 0. The number of benzene rings is 1. The maximum Gasteiger partial charge on any atom is 0.330 e. The Morgan fingerprint density at radius 3 is 2.32 bits per heavy atom. The first kappa shape index (κ1) is 27.3. The first-order valence-electron chi connectivity index (χ1n) is 11.9. The van der Waals surface area contributed by atoms with Crippen molar-refractivity contribution >= 4 is 41.1 Å². The molecular weight excluding hydrogens is 500 g/mol. The zero-order chi connectivity index (χ0) is 28.4. The standard InChI is InChI=1S/C26H28N2O10/c1-9-11-7-5-10(6-8-12(29)38-4)19(30)14(11)20(31)15-13(9)21(32)17-18(28(2)3)22(33)16(25(27)36)24(35)26(17,37)23(15)34/h5-9,13,15-18,21,30,32,37H,1-4H3,(H2,27,36)/b8-6+/t9-,13+,15?,16?,17+,18-,21-,26-/m0/s1. The van der Waals surface area contributed by atoms with Gasteiger partial charge in [0.1, 0.15) is 5.75 Å². The van der Waals surface area contributed by atoms with Gasteiger partial charge in [0.15, 0.2) is 34.7 Å². The summed E-state index contributed by atoms with van der Waals surface area (Å²) in [5.74, 6) is -14.8. The van der Waals surface area contributed by atoms with Crippen LogP contribution >= 0.6 is 0 Å². The maximum atomic E-state index is 13.9. The number of amides is 1. The van der Waals surface area contributed by atoms with Crippen LogP contribution in [-0.2, 0) is 28.7 Å². The Morgan fingerprint density at radius 2 is 1.76 bits per heavy atom. The van der Waals surface area contributed by atoms with Crippen molar-refractivity contribution in [3.05, 3.63) is 34.9 Å². The fourth-order valence-electron chi connectivity index (χ4n) is 6.37. The van der Waals surface area contributed by atoms with E-state index in [0.29, 0.717) is 5.56 Å². The van der Waals surface area contributed by atoms with Gasteiger partial charge < -0.3 is 25.8 Å². The number of phenolic OH excluding ortho intramolecular Hbond substituents is 1. The van der Waals surface area contributed by atoms with Crippen LogP contribution in [0.5, 0.6) is 5.75 Å². The number of ketones is 4. The number of nitrogens with zero attached hydrogens (tertiary/aromatic N) is 1. The second-order valence-corrected chi connectivity index (χ2v) is 10.2. The number of aliphatic hydroxyl groups is 2. The Morgan fingerprint density at radius 1 is 1.13 bits per heavy atom. The second-order valence-electron chi connectivity index (χ2n) is 10.2. The predicted molar refractivity (Wildman–Crippen MR) is 129 cm³/mol. The number of methoxy groups -OCH3 is 1. The lowest BCUT2D eigenvalue weighted by Gasteiger charge is -2.56. The van der Waals surface area contributed by atoms with Gasteiger partial charge in [-0.1, -0.05) is 19.1 Å². The summed E-state index contributed by atoms with van der Waals surface area (Å²) < 4.78 is 4.52. The van der Waals surface area contributed by atoms with Gasteiger partial charge in [-0.2, -0.15) is 0 Å². The van der Waals surface area contributed by atoms with Crippen LogP contribution in [0.15, 0.2) is 18.2 Å². The van der Waals surface area contributed by atoms with E-state index in [4.69, 9.17) is 5.73 Å². The lowest BCUT2D eigenvalue weighted by atomic mass is 9.49. The Kier molecular flexibility index (Phi) is 6.63. The molecular formula is C26H28N2O10. The minimum absolute atomic E-state index is 0.0642. The zero-order valence-electron chi connectivity index (χ0n) is 21.1. The smallest absolute Gasteiger partial charge is 0.330 e. The molecule has 12 nitrogen and oxygen atoms in total. The normalized spacial score (nSPS) is 34.7. The average molecular weight is 529 g/mol. The molecule has 3 aliphatic rings. The number of likely N-dealkylation sites (N-methyl/N-ethyl adjacent to an activating group) is 1. The molecule has 0 radical (unpaired) electrons.